The number of methoxy groups -OCH3 is 1. The summed E-state index contributed by atoms with van der Waals surface area (Å²) < 4.78 is 7.37. The third-order valence-corrected chi connectivity index (χ3v) is 5.97. The lowest BCUT2D eigenvalue weighted by Gasteiger charge is -2.16. The van der Waals surface area contributed by atoms with Crippen molar-refractivity contribution >= 4 is 17.7 Å². The number of aromatic nitrogens is 3. The molecule has 0 saturated heterocycles. The van der Waals surface area contributed by atoms with Crippen LogP contribution >= 0.6 is 11.8 Å². The Morgan fingerprint density at radius 2 is 1.97 bits per heavy atom. The molecule has 0 fully saturated rings. The predicted molar refractivity (Wildman–Crippen MR) is 125 cm³/mol. The highest BCUT2D eigenvalue weighted by molar-refractivity contribution is 7.98. The molecule has 3 aromatic rings. The Bertz CT molecular complexity index is 1000. The highest BCUT2D eigenvalue weighted by Gasteiger charge is 2.21. The average Bonchev–Trinajstić information content (AvgIpc) is 3.21. The summed E-state index contributed by atoms with van der Waals surface area (Å²) >= 11 is 1.61. The number of carbonyl (C=O) groups is 1. The summed E-state index contributed by atoms with van der Waals surface area (Å²) in [6.45, 7) is 6.09. The number of nitrogens with one attached hydrogen (secondary N) is 1. The number of hydrogen-bond donors (Lipinski definition) is 1. The van der Waals surface area contributed by atoms with Crippen molar-refractivity contribution < 1.29 is 9.53 Å². The normalized spacial score (nSPS) is 11.9. The molecule has 1 unspecified atom stereocenters. The second-order valence-corrected chi connectivity index (χ2v) is 8.49. The van der Waals surface area contributed by atoms with Crippen molar-refractivity contribution in [3.05, 3.63) is 65.5 Å². The molecule has 6 nitrogen and oxygen atoms in total. The minimum absolute atomic E-state index is 0.0402. The number of ether oxygens (including phenoxy) is 1. The monoisotopic (exact) mass is 438 g/mol. The molecule has 0 spiro atoms. The Kier molecular flexibility index (Phi) is 8.12. The van der Waals surface area contributed by atoms with Crippen LogP contribution in [0.25, 0.3) is 5.69 Å². The Labute approximate surface area is 188 Å². The van der Waals surface area contributed by atoms with Gasteiger partial charge >= 0.3 is 0 Å². The first-order valence-corrected chi connectivity index (χ1v) is 11.6. The van der Waals surface area contributed by atoms with Gasteiger partial charge in [-0.1, -0.05) is 54.9 Å². The summed E-state index contributed by atoms with van der Waals surface area (Å²) in [6.07, 6.45) is 2.40. The van der Waals surface area contributed by atoms with E-state index in [-0.39, 0.29) is 11.9 Å². The molecule has 1 heterocycles. The highest BCUT2D eigenvalue weighted by atomic mass is 32.2. The van der Waals surface area contributed by atoms with Gasteiger partial charge in [-0.15, -0.1) is 10.2 Å². The Morgan fingerprint density at radius 1 is 1.19 bits per heavy atom. The summed E-state index contributed by atoms with van der Waals surface area (Å²) in [7, 11) is 1.67. The lowest BCUT2D eigenvalue weighted by molar-refractivity contribution is -0.121. The van der Waals surface area contributed by atoms with Crippen LogP contribution in [0.15, 0.2) is 53.7 Å². The molecular formula is C24H30N4O2S. The van der Waals surface area contributed by atoms with Crippen LogP contribution in [-0.2, 0) is 10.5 Å². The number of benzene rings is 2. The topological polar surface area (TPSA) is 69.0 Å². The number of thioether (sulfide) groups is 1. The van der Waals surface area contributed by atoms with Gasteiger partial charge in [-0.3, -0.25) is 9.36 Å². The zero-order chi connectivity index (χ0) is 22.2. The molecule has 0 aliphatic carbocycles. The van der Waals surface area contributed by atoms with E-state index >= 15 is 0 Å². The minimum atomic E-state index is -0.246. The van der Waals surface area contributed by atoms with E-state index in [1.54, 1.807) is 18.9 Å². The van der Waals surface area contributed by atoms with Gasteiger partial charge in [0, 0.05) is 17.9 Å². The summed E-state index contributed by atoms with van der Waals surface area (Å²) in [4.78, 5) is 12.3. The fourth-order valence-electron chi connectivity index (χ4n) is 3.22. The summed E-state index contributed by atoms with van der Waals surface area (Å²) in [5.41, 5.74) is 3.31. The molecule has 0 bridgehead atoms. The van der Waals surface area contributed by atoms with Crippen LogP contribution in [0.4, 0.5) is 0 Å². The van der Waals surface area contributed by atoms with Crippen molar-refractivity contribution in [2.24, 2.45) is 0 Å². The van der Waals surface area contributed by atoms with E-state index in [4.69, 9.17) is 4.74 Å². The lowest BCUT2D eigenvalue weighted by atomic mass is 10.2. The molecule has 1 amide bonds. The van der Waals surface area contributed by atoms with Crippen molar-refractivity contribution in [2.45, 2.75) is 57.0 Å². The number of nitrogens with zero attached hydrogens (tertiary/aromatic N) is 3. The Hall–Kier alpha value is -2.80. The van der Waals surface area contributed by atoms with Crippen LogP contribution in [0.5, 0.6) is 5.75 Å². The maximum absolute atomic E-state index is 12.3. The van der Waals surface area contributed by atoms with Gasteiger partial charge in [-0.25, -0.2) is 0 Å². The van der Waals surface area contributed by atoms with E-state index in [0.29, 0.717) is 6.42 Å². The number of unbranched alkanes of at least 4 members (excludes halogenated alkanes) is 1. The van der Waals surface area contributed by atoms with Gasteiger partial charge in [0.15, 0.2) is 11.0 Å². The lowest BCUT2D eigenvalue weighted by Crippen LogP contribution is -2.28. The minimum Gasteiger partial charge on any atom is -0.497 e. The zero-order valence-corrected chi connectivity index (χ0v) is 19.4. The maximum atomic E-state index is 12.3. The van der Waals surface area contributed by atoms with E-state index in [0.717, 1.165) is 46.6 Å². The van der Waals surface area contributed by atoms with E-state index in [1.165, 1.54) is 5.56 Å². The molecule has 1 N–H and O–H groups in total. The Morgan fingerprint density at radius 3 is 2.68 bits per heavy atom. The molecule has 1 atom stereocenters. The van der Waals surface area contributed by atoms with E-state index < -0.39 is 0 Å². The highest BCUT2D eigenvalue weighted by Crippen LogP contribution is 2.28. The third kappa shape index (κ3) is 6.10. The van der Waals surface area contributed by atoms with E-state index in [1.807, 2.05) is 29.7 Å². The maximum Gasteiger partial charge on any atom is 0.220 e. The van der Waals surface area contributed by atoms with Gasteiger partial charge in [0.1, 0.15) is 5.75 Å². The average molecular weight is 439 g/mol. The summed E-state index contributed by atoms with van der Waals surface area (Å²) in [5.74, 6) is 2.33. The zero-order valence-electron chi connectivity index (χ0n) is 18.6. The first-order chi connectivity index (χ1) is 15.0. The van der Waals surface area contributed by atoms with Crippen LogP contribution in [0.3, 0.4) is 0 Å². The number of aryl methyl sites for hydroxylation is 1. The molecule has 7 heteroatoms. The molecule has 3 rings (SSSR count). The second kappa shape index (κ2) is 11.0. The smallest absolute Gasteiger partial charge is 0.220 e. The van der Waals surface area contributed by atoms with Gasteiger partial charge in [0.25, 0.3) is 0 Å². The molecular weight excluding hydrogens is 408 g/mol. The van der Waals surface area contributed by atoms with Gasteiger partial charge in [-0.05, 0) is 50.1 Å². The van der Waals surface area contributed by atoms with Gasteiger partial charge in [-0.2, -0.15) is 0 Å². The molecule has 0 aliphatic rings. The standard InChI is InChI=1S/C24H30N4O2S/c1-5-6-10-22(29)25-18(3)23-26-27-24(28(23)20-13-11-17(2)12-14-20)31-16-19-8-7-9-21(15-19)30-4/h7-9,11-15,18H,5-6,10,16H2,1-4H3,(H,25,29). The SMILES string of the molecule is CCCCC(=O)NC(C)c1nnc(SCc2cccc(OC)c2)n1-c1ccc(C)cc1. The molecule has 164 valence electrons. The van der Waals surface area contributed by atoms with E-state index in [9.17, 15) is 4.79 Å². The largest absolute Gasteiger partial charge is 0.497 e. The molecule has 1 aromatic heterocycles. The number of carbonyl (C=O) groups excluding carboxylic acids is 1. The van der Waals surface area contributed by atoms with E-state index in [2.05, 4.69) is 59.7 Å². The van der Waals surface area contributed by atoms with Crippen molar-refractivity contribution in [2.75, 3.05) is 7.11 Å². The van der Waals surface area contributed by atoms with Crippen LogP contribution < -0.4 is 10.1 Å². The van der Waals surface area contributed by atoms with Crippen molar-refractivity contribution in [3.8, 4) is 11.4 Å². The van der Waals surface area contributed by atoms with Gasteiger partial charge in [0.05, 0.1) is 13.2 Å². The van der Waals surface area contributed by atoms with Crippen molar-refractivity contribution in [3.63, 3.8) is 0 Å². The van der Waals surface area contributed by atoms with Gasteiger partial charge in [0.2, 0.25) is 5.91 Å². The van der Waals surface area contributed by atoms with Crippen LogP contribution in [0.1, 0.15) is 56.1 Å². The number of hydrogen-bond acceptors (Lipinski definition) is 5. The molecule has 31 heavy (non-hydrogen) atoms. The van der Waals surface area contributed by atoms with Crippen LogP contribution in [-0.4, -0.2) is 27.8 Å². The number of amides is 1. The quantitative estimate of drug-likeness (QED) is 0.438. The predicted octanol–water partition coefficient (Wildman–Crippen LogP) is 5.24. The van der Waals surface area contributed by atoms with Gasteiger partial charge < -0.3 is 10.1 Å². The fourth-order valence-corrected chi connectivity index (χ4v) is 4.12. The van der Waals surface area contributed by atoms with Crippen LogP contribution in [0.2, 0.25) is 0 Å². The van der Waals surface area contributed by atoms with Crippen LogP contribution in [0, 0.1) is 6.92 Å². The molecule has 2 aromatic carbocycles. The van der Waals surface area contributed by atoms with Crippen molar-refractivity contribution in [1.29, 1.82) is 0 Å². The molecule has 0 saturated carbocycles. The molecule has 0 aliphatic heterocycles. The first kappa shape index (κ1) is 22.9. The van der Waals surface area contributed by atoms with Crippen molar-refractivity contribution in [1.82, 2.24) is 20.1 Å². The summed E-state index contributed by atoms with van der Waals surface area (Å²) in [5, 5.41) is 12.8. The molecule has 0 radical (unpaired) electrons. The third-order valence-electron chi connectivity index (χ3n) is 4.97. The first-order valence-electron chi connectivity index (χ1n) is 10.6. The Balaban J connectivity index is 1.86. The summed E-state index contributed by atoms with van der Waals surface area (Å²) in [6, 6.07) is 16.0. The number of rotatable bonds is 10. The fraction of sp³-hybridized carbons (Fsp3) is 0.375. The second-order valence-electron chi connectivity index (χ2n) is 7.54.